The van der Waals surface area contributed by atoms with Gasteiger partial charge in [0.25, 0.3) is 0 Å². The Morgan fingerprint density at radius 1 is 1.38 bits per heavy atom. The summed E-state index contributed by atoms with van der Waals surface area (Å²) in [5, 5.41) is 5.19. The van der Waals surface area contributed by atoms with Gasteiger partial charge in [-0.15, -0.1) is 0 Å². The fourth-order valence-corrected chi connectivity index (χ4v) is 1.49. The van der Waals surface area contributed by atoms with Gasteiger partial charge in [-0.1, -0.05) is 6.92 Å². The Morgan fingerprint density at radius 2 is 2.06 bits per heavy atom. The Bertz CT molecular complexity index is 224. The summed E-state index contributed by atoms with van der Waals surface area (Å²) in [6.07, 6.45) is 3.47. The number of carbonyl (C=O) groups is 2. The summed E-state index contributed by atoms with van der Waals surface area (Å²) in [4.78, 5) is 22.6. The lowest BCUT2D eigenvalue weighted by Gasteiger charge is -2.11. The van der Waals surface area contributed by atoms with Crippen molar-refractivity contribution in [3.05, 3.63) is 0 Å². The average Bonchev–Trinajstić information content (AvgIpc) is 2.30. The number of hydrogen-bond donors (Lipinski definition) is 3. The molecule has 0 aromatic heterocycles. The highest BCUT2D eigenvalue weighted by Crippen LogP contribution is 1.98. The summed E-state index contributed by atoms with van der Waals surface area (Å²) in [5.41, 5.74) is 5.63. The summed E-state index contributed by atoms with van der Waals surface area (Å²) in [5.74, 6) is 0.407. The first-order valence-electron chi connectivity index (χ1n) is 5.40. The van der Waals surface area contributed by atoms with Crippen LogP contribution >= 0.6 is 11.8 Å². The lowest BCUT2D eigenvalue weighted by Crippen LogP contribution is -2.45. The Kier molecular flexibility index (Phi) is 9.03. The van der Waals surface area contributed by atoms with Gasteiger partial charge < -0.3 is 16.4 Å². The molecule has 0 aromatic rings. The van der Waals surface area contributed by atoms with Crippen LogP contribution in [-0.4, -0.2) is 43.0 Å². The van der Waals surface area contributed by atoms with Crippen molar-refractivity contribution in [2.75, 3.05) is 25.1 Å². The van der Waals surface area contributed by atoms with Crippen LogP contribution in [0.4, 0.5) is 0 Å². The Balaban J connectivity index is 3.66. The van der Waals surface area contributed by atoms with Gasteiger partial charge in [0.05, 0.1) is 12.6 Å². The van der Waals surface area contributed by atoms with E-state index >= 15 is 0 Å². The molecule has 0 saturated heterocycles. The summed E-state index contributed by atoms with van der Waals surface area (Å²) in [6, 6.07) is -0.522. The molecule has 0 saturated carbocycles. The van der Waals surface area contributed by atoms with Crippen molar-refractivity contribution in [3.8, 4) is 0 Å². The molecule has 0 bridgehead atoms. The predicted molar refractivity (Wildman–Crippen MR) is 67.3 cm³/mol. The number of nitrogens with one attached hydrogen (secondary N) is 2. The first-order chi connectivity index (χ1) is 7.61. The van der Waals surface area contributed by atoms with E-state index in [9.17, 15) is 9.59 Å². The van der Waals surface area contributed by atoms with Gasteiger partial charge in [0.15, 0.2) is 0 Å². The molecule has 16 heavy (non-hydrogen) atoms. The second-order valence-electron chi connectivity index (χ2n) is 3.46. The molecule has 0 aliphatic heterocycles. The number of thioether (sulfide) groups is 1. The van der Waals surface area contributed by atoms with E-state index in [1.54, 1.807) is 11.8 Å². The van der Waals surface area contributed by atoms with Crippen molar-refractivity contribution in [1.82, 2.24) is 10.6 Å². The molecule has 0 fully saturated rings. The lowest BCUT2D eigenvalue weighted by molar-refractivity contribution is -0.126. The number of carbonyl (C=O) groups excluding carboxylic acids is 2. The van der Waals surface area contributed by atoms with Gasteiger partial charge in [-0.05, 0) is 24.9 Å². The number of hydrogen-bond acceptors (Lipinski definition) is 4. The predicted octanol–water partition coefficient (Wildman–Crippen LogP) is -0.291. The molecule has 2 amide bonds. The Morgan fingerprint density at radius 3 is 2.62 bits per heavy atom. The Labute approximate surface area is 101 Å². The van der Waals surface area contributed by atoms with E-state index in [2.05, 4.69) is 10.6 Å². The van der Waals surface area contributed by atoms with Crippen LogP contribution in [0.15, 0.2) is 0 Å². The van der Waals surface area contributed by atoms with Crippen LogP contribution in [0, 0.1) is 0 Å². The SMILES string of the molecule is CCCNC(=O)CNC(=O)[C@@H](N)CCSC. The molecule has 0 aliphatic carbocycles. The topological polar surface area (TPSA) is 84.2 Å². The maximum absolute atomic E-state index is 11.4. The molecule has 1 atom stereocenters. The van der Waals surface area contributed by atoms with Crippen LogP contribution < -0.4 is 16.4 Å². The third-order valence-corrected chi connectivity index (χ3v) is 2.61. The minimum Gasteiger partial charge on any atom is -0.355 e. The molecule has 5 nitrogen and oxygen atoms in total. The van der Waals surface area contributed by atoms with Crippen LogP contribution in [-0.2, 0) is 9.59 Å². The molecule has 0 rings (SSSR count). The fraction of sp³-hybridized carbons (Fsp3) is 0.800. The van der Waals surface area contributed by atoms with Crippen LogP contribution in [0.3, 0.4) is 0 Å². The number of amides is 2. The van der Waals surface area contributed by atoms with Crippen molar-refractivity contribution in [3.63, 3.8) is 0 Å². The smallest absolute Gasteiger partial charge is 0.239 e. The largest absolute Gasteiger partial charge is 0.355 e. The fourth-order valence-electron chi connectivity index (χ4n) is 1.00. The monoisotopic (exact) mass is 247 g/mol. The third kappa shape index (κ3) is 7.53. The van der Waals surface area contributed by atoms with Gasteiger partial charge in [0, 0.05) is 6.54 Å². The van der Waals surface area contributed by atoms with Gasteiger partial charge in [-0.2, -0.15) is 11.8 Å². The van der Waals surface area contributed by atoms with Crippen molar-refractivity contribution in [1.29, 1.82) is 0 Å². The van der Waals surface area contributed by atoms with E-state index in [0.29, 0.717) is 13.0 Å². The van der Waals surface area contributed by atoms with Crippen molar-refractivity contribution in [2.45, 2.75) is 25.8 Å². The van der Waals surface area contributed by atoms with E-state index < -0.39 is 6.04 Å². The molecule has 0 radical (unpaired) electrons. The molecular weight excluding hydrogens is 226 g/mol. The van der Waals surface area contributed by atoms with Crippen molar-refractivity contribution >= 4 is 23.6 Å². The zero-order valence-corrected chi connectivity index (χ0v) is 10.7. The third-order valence-electron chi connectivity index (χ3n) is 1.97. The minimum atomic E-state index is -0.522. The first-order valence-corrected chi connectivity index (χ1v) is 6.80. The van der Waals surface area contributed by atoms with Gasteiger partial charge in [-0.25, -0.2) is 0 Å². The molecule has 6 heteroatoms. The highest BCUT2D eigenvalue weighted by molar-refractivity contribution is 7.98. The van der Waals surface area contributed by atoms with Gasteiger partial charge in [0.1, 0.15) is 0 Å². The van der Waals surface area contributed by atoms with Crippen molar-refractivity contribution < 1.29 is 9.59 Å². The number of rotatable bonds is 8. The van der Waals surface area contributed by atoms with E-state index in [4.69, 9.17) is 5.73 Å². The molecule has 0 heterocycles. The average molecular weight is 247 g/mol. The Hall–Kier alpha value is -0.750. The molecule has 0 aromatic carbocycles. The normalized spacial score (nSPS) is 11.9. The van der Waals surface area contributed by atoms with E-state index in [1.165, 1.54) is 0 Å². The van der Waals surface area contributed by atoms with E-state index in [0.717, 1.165) is 12.2 Å². The summed E-state index contributed by atoms with van der Waals surface area (Å²) < 4.78 is 0. The first kappa shape index (κ1) is 15.2. The van der Waals surface area contributed by atoms with Crippen LogP contribution in [0.5, 0.6) is 0 Å². The zero-order valence-electron chi connectivity index (χ0n) is 9.91. The van der Waals surface area contributed by atoms with E-state index in [-0.39, 0.29) is 18.4 Å². The van der Waals surface area contributed by atoms with Crippen LogP contribution in [0.2, 0.25) is 0 Å². The van der Waals surface area contributed by atoms with Gasteiger partial charge >= 0.3 is 0 Å². The highest BCUT2D eigenvalue weighted by Gasteiger charge is 2.13. The second-order valence-corrected chi connectivity index (χ2v) is 4.44. The molecule has 0 unspecified atom stereocenters. The lowest BCUT2D eigenvalue weighted by atomic mass is 10.2. The van der Waals surface area contributed by atoms with E-state index in [1.807, 2.05) is 13.2 Å². The van der Waals surface area contributed by atoms with Gasteiger partial charge in [-0.3, -0.25) is 9.59 Å². The van der Waals surface area contributed by atoms with Crippen molar-refractivity contribution in [2.24, 2.45) is 5.73 Å². The quantitative estimate of drug-likeness (QED) is 0.550. The summed E-state index contributed by atoms with van der Waals surface area (Å²) in [6.45, 7) is 2.61. The number of nitrogens with two attached hydrogens (primary N) is 1. The minimum absolute atomic E-state index is 0.00576. The molecule has 4 N–H and O–H groups in total. The molecule has 0 aliphatic rings. The second kappa shape index (κ2) is 9.47. The standard InChI is InChI=1S/C10H21N3O2S/c1-3-5-12-9(14)7-13-10(15)8(11)4-6-16-2/h8H,3-7,11H2,1-2H3,(H,12,14)(H,13,15)/t8-/m0/s1. The molecular formula is C10H21N3O2S. The summed E-state index contributed by atoms with van der Waals surface area (Å²) >= 11 is 1.64. The van der Waals surface area contributed by atoms with Crippen LogP contribution in [0.1, 0.15) is 19.8 Å². The highest BCUT2D eigenvalue weighted by atomic mass is 32.2. The maximum atomic E-state index is 11.4. The van der Waals surface area contributed by atoms with Crippen LogP contribution in [0.25, 0.3) is 0 Å². The summed E-state index contributed by atoms with van der Waals surface area (Å²) in [7, 11) is 0. The zero-order chi connectivity index (χ0) is 12.4. The maximum Gasteiger partial charge on any atom is 0.239 e. The van der Waals surface area contributed by atoms with Gasteiger partial charge in [0.2, 0.25) is 11.8 Å². The molecule has 94 valence electrons. The molecule has 0 spiro atoms.